The molecule has 0 fully saturated rings. The van der Waals surface area contributed by atoms with Crippen LogP contribution in [-0.2, 0) is 25.6 Å². The zero-order valence-corrected chi connectivity index (χ0v) is 20.0. The quantitative estimate of drug-likeness (QED) is 0.348. The fourth-order valence-electron chi connectivity index (χ4n) is 3.29. The first-order valence-corrected chi connectivity index (χ1v) is 10.9. The first-order valence-electron chi connectivity index (χ1n) is 12.9. The summed E-state index contributed by atoms with van der Waals surface area (Å²) in [7, 11) is 0. The molecule has 33 heavy (non-hydrogen) atoms. The van der Waals surface area contributed by atoms with Gasteiger partial charge in [-0.1, -0.05) is 84.0 Å². The third-order valence-corrected chi connectivity index (χ3v) is 4.98. The molecule has 0 saturated carbocycles. The molecule has 1 atom stereocenters. The maximum atomic E-state index is 13.4. The van der Waals surface area contributed by atoms with Crippen molar-refractivity contribution in [3.63, 3.8) is 0 Å². The summed E-state index contributed by atoms with van der Waals surface area (Å²) in [4.78, 5) is 38.4. The normalized spacial score (nSPS) is 14.1. The van der Waals surface area contributed by atoms with Gasteiger partial charge in [0.25, 0.3) is 0 Å². The molecule has 0 spiro atoms. The molecule has 0 aliphatic carbocycles. The Labute approximate surface area is 201 Å². The van der Waals surface area contributed by atoms with Crippen molar-refractivity contribution in [1.29, 1.82) is 0 Å². The molecular weight excluding hydrogens is 420 g/mol. The van der Waals surface area contributed by atoms with Gasteiger partial charge in [0, 0.05) is 5.41 Å². The number of esters is 3. The Balaban J connectivity index is 2.42. The number of benzene rings is 2. The summed E-state index contributed by atoms with van der Waals surface area (Å²) >= 11 is 0. The summed E-state index contributed by atoms with van der Waals surface area (Å²) in [6.45, 7) is 10.3. The van der Waals surface area contributed by atoms with Gasteiger partial charge in [-0.3, -0.25) is 4.79 Å². The van der Waals surface area contributed by atoms with Crippen molar-refractivity contribution in [2.45, 2.75) is 54.3 Å². The minimum Gasteiger partial charge on any atom is -0.465 e. The molecule has 0 amide bonds. The van der Waals surface area contributed by atoms with E-state index in [1.54, 1.807) is 71.9 Å². The van der Waals surface area contributed by atoms with Gasteiger partial charge in [-0.25, -0.2) is 9.59 Å². The molecule has 0 aliphatic rings. The number of carbonyl (C=O) groups is 3. The van der Waals surface area contributed by atoms with E-state index in [2.05, 4.69) is 0 Å². The lowest BCUT2D eigenvalue weighted by Gasteiger charge is -2.36. The maximum absolute atomic E-state index is 13.4. The number of hydrogen-bond acceptors (Lipinski definition) is 6. The zero-order chi connectivity index (χ0) is 28.1. The number of rotatable bonds is 10. The zero-order valence-electron chi connectivity index (χ0n) is 24.0. The highest BCUT2D eigenvalue weighted by Gasteiger charge is 2.37. The minimum atomic E-state index is -1.10. The van der Waals surface area contributed by atoms with Crippen LogP contribution in [0.25, 0.3) is 0 Å². The second-order valence-corrected chi connectivity index (χ2v) is 9.13. The molecule has 178 valence electrons. The molecule has 0 aromatic heterocycles. The maximum Gasteiger partial charge on any atom is 0.339 e. The van der Waals surface area contributed by atoms with Gasteiger partial charge in [-0.2, -0.15) is 0 Å². The summed E-state index contributed by atoms with van der Waals surface area (Å²) < 4.78 is 49.0. The van der Waals surface area contributed by atoms with Gasteiger partial charge in [0.1, 0.15) is 12.7 Å². The second-order valence-electron chi connectivity index (χ2n) is 9.13. The standard InChI is InChI=1S/C27H34O6/c1-18(2)23(27(5,6)17-32-24(28)19(3)4)33-26(30)22-15-11-10-14-21(22)25(29)31-16-20-12-8-7-9-13-20/h7-15,18-19,23H,16-17H2,1-6H3/i10D,11D,14D,15D. The minimum absolute atomic E-state index is 0.0428. The Morgan fingerprint density at radius 3 is 2.03 bits per heavy atom. The summed E-state index contributed by atoms with van der Waals surface area (Å²) in [6.07, 6.45) is -0.813. The van der Waals surface area contributed by atoms with Crippen LogP contribution in [0.4, 0.5) is 0 Å². The molecule has 6 heteroatoms. The van der Waals surface area contributed by atoms with E-state index in [4.69, 9.17) is 19.7 Å². The number of ether oxygens (including phenoxy) is 3. The van der Waals surface area contributed by atoms with Crippen molar-refractivity contribution in [2.24, 2.45) is 17.3 Å². The van der Waals surface area contributed by atoms with Crippen molar-refractivity contribution in [1.82, 2.24) is 0 Å². The lowest BCUT2D eigenvalue weighted by atomic mass is 9.81. The van der Waals surface area contributed by atoms with Crippen molar-refractivity contribution in [2.75, 3.05) is 6.61 Å². The van der Waals surface area contributed by atoms with Gasteiger partial charge in [-0.15, -0.1) is 0 Å². The van der Waals surface area contributed by atoms with E-state index < -0.39 is 64.7 Å². The van der Waals surface area contributed by atoms with Crippen LogP contribution in [0.5, 0.6) is 0 Å². The van der Waals surface area contributed by atoms with E-state index in [0.717, 1.165) is 0 Å². The molecule has 6 nitrogen and oxygen atoms in total. The van der Waals surface area contributed by atoms with Crippen LogP contribution in [0, 0.1) is 17.3 Å². The van der Waals surface area contributed by atoms with Crippen LogP contribution in [-0.4, -0.2) is 30.6 Å². The Morgan fingerprint density at radius 2 is 1.48 bits per heavy atom. The number of hydrogen-bond donors (Lipinski definition) is 0. The lowest BCUT2D eigenvalue weighted by molar-refractivity contribution is -0.153. The van der Waals surface area contributed by atoms with E-state index in [9.17, 15) is 14.4 Å². The van der Waals surface area contributed by atoms with Gasteiger partial charge in [-0.05, 0) is 23.6 Å². The van der Waals surface area contributed by atoms with Crippen molar-refractivity contribution in [3.8, 4) is 0 Å². The van der Waals surface area contributed by atoms with E-state index in [0.29, 0.717) is 5.56 Å². The second kappa shape index (κ2) is 11.6. The van der Waals surface area contributed by atoms with E-state index in [1.807, 2.05) is 0 Å². The van der Waals surface area contributed by atoms with Gasteiger partial charge in [0.05, 0.1) is 29.1 Å². The average molecular weight is 459 g/mol. The summed E-state index contributed by atoms with van der Waals surface area (Å²) in [6, 6.07) is 6.01. The van der Waals surface area contributed by atoms with Crippen LogP contribution >= 0.6 is 0 Å². The highest BCUT2D eigenvalue weighted by Crippen LogP contribution is 2.31. The van der Waals surface area contributed by atoms with E-state index >= 15 is 0 Å². The molecule has 0 saturated heterocycles. The van der Waals surface area contributed by atoms with Crippen LogP contribution in [0.15, 0.2) is 54.5 Å². The molecule has 2 aromatic rings. The van der Waals surface area contributed by atoms with Crippen LogP contribution in [0.2, 0.25) is 0 Å². The highest BCUT2D eigenvalue weighted by atomic mass is 16.6. The third-order valence-electron chi connectivity index (χ3n) is 4.98. The largest absolute Gasteiger partial charge is 0.465 e. The first-order chi connectivity index (χ1) is 17.2. The van der Waals surface area contributed by atoms with Crippen molar-refractivity contribution in [3.05, 3.63) is 71.2 Å². The average Bonchev–Trinajstić information content (AvgIpc) is 2.85. The first kappa shape index (κ1) is 20.5. The monoisotopic (exact) mass is 458 g/mol. The third kappa shape index (κ3) is 7.45. The summed E-state index contributed by atoms with van der Waals surface area (Å²) in [5.41, 5.74) is -1.38. The van der Waals surface area contributed by atoms with Crippen molar-refractivity contribution >= 4 is 17.9 Å². The summed E-state index contributed by atoms with van der Waals surface area (Å²) in [5.74, 6) is -3.15. The van der Waals surface area contributed by atoms with E-state index in [1.165, 1.54) is 0 Å². The highest BCUT2D eigenvalue weighted by molar-refractivity contribution is 6.03. The predicted octanol–water partition coefficient (Wildman–Crippen LogP) is 5.45. The Bertz CT molecular complexity index is 1150. The topological polar surface area (TPSA) is 78.9 Å². The molecule has 0 heterocycles. The van der Waals surface area contributed by atoms with Gasteiger partial charge >= 0.3 is 17.9 Å². The smallest absolute Gasteiger partial charge is 0.339 e. The molecule has 0 bridgehead atoms. The molecule has 2 aromatic carbocycles. The Morgan fingerprint density at radius 1 is 0.909 bits per heavy atom. The fraction of sp³-hybridized carbons (Fsp3) is 0.444. The van der Waals surface area contributed by atoms with E-state index in [-0.39, 0.29) is 25.0 Å². The summed E-state index contributed by atoms with van der Waals surface area (Å²) in [5, 5.41) is 0. The number of carbonyl (C=O) groups excluding carboxylic acids is 3. The van der Waals surface area contributed by atoms with Crippen LogP contribution in [0.3, 0.4) is 0 Å². The van der Waals surface area contributed by atoms with Crippen LogP contribution < -0.4 is 0 Å². The molecular formula is C27H34O6. The SMILES string of the molecule is [2H]c1c([2H])c([2H])c(C(=O)OC(C(C)C)C(C)(C)COC(=O)C(C)C)c(C(=O)OCc2ccccc2)c1[2H]. The molecule has 0 aliphatic heterocycles. The lowest BCUT2D eigenvalue weighted by Crippen LogP contribution is -2.42. The molecule has 1 unspecified atom stereocenters. The van der Waals surface area contributed by atoms with Crippen LogP contribution in [0.1, 0.15) is 73.3 Å². The van der Waals surface area contributed by atoms with Gasteiger partial charge in [0.2, 0.25) is 0 Å². The fourth-order valence-corrected chi connectivity index (χ4v) is 3.29. The Hall–Kier alpha value is -3.15. The predicted molar refractivity (Wildman–Crippen MR) is 126 cm³/mol. The Kier molecular flexibility index (Phi) is 7.21. The molecule has 0 radical (unpaired) electrons. The molecule has 2 rings (SSSR count). The van der Waals surface area contributed by atoms with Gasteiger partial charge in [0.15, 0.2) is 0 Å². The van der Waals surface area contributed by atoms with Crippen molar-refractivity contribution < 1.29 is 34.1 Å². The van der Waals surface area contributed by atoms with Gasteiger partial charge < -0.3 is 14.2 Å². The molecule has 0 N–H and O–H groups in total.